The van der Waals surface area contributed by atoms with Gasteiger partial charge < -0.3 is 14.9 Å². The van der Waals surface area contributed by atoms with Crippen LogP contribution in [0.15, 0.2) is 35.1 Å². The van der Waals surface area contributed by atoms with Gasteiger partial charge in [-0.2, -0.15) is 0 Å². The fraction of sp³-hybridized carbons (Fsp3) is 0.0833. The van der Waals surface area contributed by atoms with Gasteiger partial charge in [0.2, 0.25) is 5.95 Å². The number of furan rings is 1. The first-order chi connectivity index (χ1) is 8.70. The van der Waals surface area contributed by atoms with Crippen molar-refractivity contribution in [2.75, 3.05) is 12.8 Å². The van der Waals surface area contributed by atoms with Gasteiger partial charge in [-0.05, 0) is 18.2 Å². The number of carbonyl (C=O) groups excluding carboxylic acids is 1. The Hall–Kier alpha value is -2.63. The van der Waals surface area contributed by atoms with E-state index in [0.29, 0.717) is 17.0 Å². The number of carbonyl (C=O) groups is 1. The number of nitrogen functional groups attached to an aromatic ring is 1. The first-order valence-electron chi connectivity index (χ1n) is 5.13. The van der Waals surface area contributed by atoms with Crippen LogP contribution in [0.25, 0.3) is 17.5 Å². The van der Waals surface area contributed by atoms with Gasteiger partial charge in [0.25, 0.3) is 0 Å². The molecular weight excluding hydrogens is 234 g/mol. The summed E-state index contributed by atoms with van der Waals surface area (Å²) >= 11 is 0. The Morgan fingerprint density at radius 3 is 3.06 bits per heavy atom. The van der Waals surface area contributed by atoms with Crippen molar-refractivity contribution in [3.8, 4) is 11.5 Å². The molecule has 2 aromatic heterocycles. The summed E-state index contributed by atoms with van der Waals surface area (Å²) in [5, 5.41) is 0. The van der Waals surface area contributed by atoms with Crippen LogP contribution in [-0.2, 0) is 9.53 Å². The number of aromatic nitrogens is 2. The van der Waals surface area contributed by atoms with Crippen molar-refractivity contribution in [1.29, 1.82) is 0 Å². The summed E-state index contributed by atoms with van der Waals surface area (Å²) in [6.07, 6.45) is 5.87. The molecule has 0 aliphatic rings. The molecule has 18 heavy (non-hydrogen) atoms. The lowest BCUT2D eigenvalue weighted by Gasteiger charge is -2.02. The fourth-order valence-corrected chi connectivity index (χ4v) is 1.36. The maximum atomic E-state index is 11.1. The molecule has 0 aliphatic carbocycles. The molecule has 0 fully saturated rings. The molecular formula is C12H11N3O3. The van der Waals surface area contributed by atoms with E-state index in [1.54, 1.807) is 18.2 Å². The highest BCUT2D eigenvalue weighted by molar-refractivity contribution is 5.88. The Morgan fingerprint density at radius 2 is 2.39 bits per heavy atom. The summed E-state index contributed by atoms with van der Waals surface area (Å²) in [6.45, 7) is 0. The van der Waals surface area contributed by atoms with Crippen LogP contribution in [0, 0.1) is 0 Å². The maximum absolute atomic E-state index is 11.1. The van der Waals surface area contributed by atoms with Crippen molar-refractivity contribution in [2.45, 2.75) is 0 Å². The van der Waals surface area contributed by atoms with E-state index in [1.165, 1.54) is 25.6 Å². The highest BCUT2D eigenvalue weighted by Gasteiger charge is 2.09. The SMILES string of the molecule is COC(=O)/C=C/c1cnc(N)nc1-c1ccco1. The van der Waals surface area contributed by atoms with Gasteiger partial charge >= 0.3 is 5.97 Å². The third-order valence-electron chi connectivity index (χ3n) is 2.19. The molecule has 0 saturated carbocycles. The van der Waals surface area contributed by atoms with Gasteiger partial charge in [0.05, 0.1) is 13.4 Å². The number of nitrogens with two attached hydrogens (primary N) is 1. The second kappa shape index (κ2) is 5.13. The average Bonchev–Trinajstić information content (AvgIpc) is 2.90. The lowest BCUT2D eigenvalue weighted by molar-refractivity contribution is -0.134. The molecule has 0 amide bonds. The van der Waals surface area contributed by atoms with Gasteiger partial charge in [0, 0.05) is 17.8 Å². The molecule has 2 aromatic rings. The molecule has 0 saturated heterocycles. The number of nitrogens with zero attached hydrogens (tertiary/aromatic N) is 2. The monoisotopic (exact) mass is 245 g/mol. The number of hydrogen-bond donors (Lipinski definition) is 1. The molecule has 92 valence electrons. The Labute approximate surface area is 103 Å². The molecule has 0 aromatic carbocycles. The normalized spacial score (nSPS) is 10.7. The van der Waals surface area contributed by atoms with Crippen LogP contribution < -0.4 is 5.73 Å². The Morgan fingerprint density at radius 1 is 1.56 bits per heavy atom. The zero-order valence-electron chi connectivity index (χ0n) is 9.66. The van der Waals surface area contributed by atoms with E-state index in [9.17, 15) is 4.79 Å². The van der Waals surface area contributed by atoms with E-state index < -0.39 is 5.97 Å². The number of ether oxygens (including phenoxy) is 1. The Kier molecular flexibility index (Phi) is 3.38. The van der Waals surface area contributed by atoms with Crippen molar-refractivity contribution in [1.82, 2.24) is 9.97 Å². The standard InChI is InChI=1S/C12H11N3O3/c1-17-10(16)5-4-8-7-14-12(13)15-11(8)9-3-2-6-18-9/h2-7H,1H3,(H2,13,14,15)/b5-4+. The molecule has 2 rings (SSSR count). The minimum Gasteiger partial charge on any atom is -0.466 e. The topological polar surface area (TPSA) is 91.2 Å². The van der Waals surface area contributed by atoms with Gasteiger partial charge in [-0.3, -0.25) is 0 Å². The number of hydrogen-bond acceptors (Lipinski definition) is 6. The molecule has 6 heteroatoms. The highest BCUT2D eigenvalue weighted by atomic mass is 16.5. The van der Waals surface area contributed by atoms with Crippen LogP contribution in [0.1, 0.15) is 5.56 Å². The quantitative estimate of drug-likeness (QED) is 0.651. The van der Waals surface area contributed by atoms with E-state index in [-0.39, 0.29) is 5.95 Å². The molecule has 0 spiro atoms. The smallest absolute Gasteiger partial charge is 0.330 e. The van der Waals surface area contributed by atoms with Crippen LogP contribution in [-0.4, -0.2) is 23.0 Å². The van der Waals surface area contributed by atoms with E-state index in [4.69, 9.17) is 10.2 Å². The van der Waals surface area contributed by atoms with Crippen molar-refractivity contribution < 1.29 is 13.9 Å². The zero-order valence-corrected chi connectivity index (χ0v) is 9.66. The first kappa shape index (κ1) is 11.8. The van der Waals surface area contributed by atoms with Crippen LogP contribution >= 0.6 is 0 Å². The predicted molar refractivity (Wildman–Crippen MR) is 65.2 cm³/mol. The predicted octanol–water partition coefficient (Wildman–Crippen LogP) is 1.50. The third-order valence-corrected chi connectivity index (χ3v) is 2.19. The van der Waals surface area contributed by atoms with Crippen LogP contribution in [0.2, 0.25) is 0 Å². The molecule has 0 atom stereocenters. The fourth-order valence-electron chi connectivity index (χ4n) is 1.36. The van der Waals surface area contributed by atoms with Crippen molar-refractivity contribution in [2.24, 2.45) is 0 Å². The van der Waals surface area contributed by atoms with Crippen LogP contribution in [0.3, 0.4) is 0 Å². The largest absolute Gasteiger partial charge is 0.466 e. The number of anilines is 1. The van der Waals surface area contributed by atoms with E-state index in [1.807, 2.05) is 0 Å². The van der Waals surface area contributed by atoms with E-state index >= 15 is 0 Å². The van der Waals surface area contributed by atoms with E-state index in [0.717, 1.165) is 0 Å². The van der Waals surface area contributed by atoms with Gasteiger partial charge in [0.1, 0.15) is 5.69 Å². The molecule has 0 radical (unpaired) electrons. The minimum absolute atomic E-state index is 0.136. The molecule has 0 bridgehead atoms. The second-order valence-electron chi connectivity index (χ2n) is 3.37. The average molecular weight is 245 g/mol. The summed E-state index contributed by atoms with van der Waals surface area (Å²) < 4.78 is 9.76. The summed E-state index contributed by atoms with van der Waals surface area (Å²) in [4.78, 5) is 19.0. The summed E-state index contributed by atoms with van der Waals surface area (Å²) in [5.74, 6) is 0.224. The van der Waals surface area contributed by atoms with Crippen LogP contribution in [0.5, 0.6) is 0 Å². The molecule has 2 heterocycles. The van der Waals surface area contributed by atoms with Crippen molar-refractivity contribution in [3.05, 3.63) is 36.2 Å². The number of methoxy groups -OCH3 is 1. The molecule has 6 nitrogen and oxygen atoms in total. The first-order valence-corrected chi connectivity index (χ1v) is 5.13. The minimum atomic E-state index is -0.461. The Balaban J connectivity index is 2.41. The summed E-state index contributed by atoms with van der Waals surface area (Å²) in [7, 11) is 1.31. The summed E-state index contributed by atoms with van der Waals surface area (Å²) in [6, 6.07) is 3.48. The lowest BCUT2D eigenvalue weighted by Crippen LogP contribution is -1.99. The van der Waals surface area contributed by atoms with Crippen molar-refractivity contribution >= 4 is 18.0 Å². The zero-order chi connectivity index (χ0) is 13.0. The van der Waals surface area contributed by atoms with Gasteiger partial charge in [-0.15, -0.1) is 0 Å². The lowest BCUT2D eigenvalue weighted by atomic mass is 10.2. The Bertz CT molecular complexity index is 576. The van der Waals surface area contributed by atoms with Crippen molar-refractivity contribution in [3.63, 3.8) is 0 Å². The van der Waals surface area contributed by atoms with Crippen LogP contribution in [0.4, 0.5) is 5.95 Å². The highest BCUT2D eigenvalue weighted by Crippen LogP contribution is 2.23. The molecule has 0 aliphatic heterocycles. The van der Waals surface area contributed by atoms with Gasteiger partial charge in [-0.25, -0.2) is 14.8 Å². The van der Waals surface area contributed by atoms with Gasteiger partial charge in [-0.1, -0.05) is 0 Å². The molecule has 2 N–H and O–H groups in total. The summed E-state index contributed by atoms with van der Waals surface area (Å²) in [5.41, 5.74) is 6.67. The second-order valence-corrected chi connectivity index (χ2v) is 3.37. The van der Waals surface area contributed by atoms with E-state index in [2.05, 4.69) is 14.7 Å². The van der Waals surface area contributed by atoms with Gasteiger partial charge in [0.15, 0.2) is 5.76 Å². The third kappa shape index (κ3) is 2.54. The maximum Gasteiger partial charge on any atom is 0.330 e. The number of rotatable bonds is 3. The molecule has 0 unspecified atom stereocenters. The number of esters is 1.